The molecule has 3 rings (SSSR count). The van der Waals surface area contributed by atoms with Crippen LogP contribution in [-0.2, 0) is 13.0 Å². The number of carbonyl (C=O) groups excluding carboxylic acids is 1. The molecule has 26 heavy (non-hydrogen) atoms. The Morgan fingerprint density at radius 2 is 1.88 bits per heavy atom. The lowest BCUT2D eigenvalue weighted by molar-refractivity contribution is -0.0328. The first-order chi connectivity index (χ1) is 12.3. The van der Waals surface area contributed by atoms with Crippen molar-refractivity contribution in [3.8, 4) is 5.75 Å². The van der Waals surface area contributed by atoms with E-state index in [1.807, 2.05) is 0 Å². The lowest BCUT2D eigenvalue weighted by Gasteiger charge is -2.10. The summed E-state index contributed by atoms with van der Waals surface area (Å²) in [6, 6.07) is 9.17. The summed E-state index contributed by atoms with van der Waals surface area (Å²) < 4.78 is 42.5. The predicted molar refractivity (Wildman–Crippen MR) is 93.3 cm³/mol. The molecule has 0 spiro atoms. The van der Waals surface area contributed by atoms with E-state index in [9.17, 15) is 23.1 Å². The molecule has 0 fully saturated rings. The Morgan fingerprint density at radius 1 is 1.19 bits per heavy atom. The molecule has 0 bridgehead atoms. The Balaban J connectivity index is 1.88. The van der Waals surface area contributed by atoms with Crippen LogP contribution >= 0.6 is 11.8 Å². The fraction of sp³-hybridized carbons (Fsp3) is 0.211. The van der Waals surface area contributed by atoms with E-state index in [1.165, 1.54) is 19.2 Å². The molecule has 0 heterocycles. The highest BCUT2D eigenvalue weighted by Gasteiger charge is 2.30. The van der Waals surface area contributed by atoms with Crippen LogP contribution in [-0.4, -0.2) is 23.5 Å². The number of fused-ring (bicyclic) bond motifs is 1. The molecular weight excluding hydrogens is 365 g/mol. The van der Waals surface area contributed by atoms with Gasteiger partial charge < -0.3 is 9.84 Å². The average molecular weight is 380 g/mol. The molecule has 0 aliphatic heterocycles. The normalized spacial score (nSPS) is 15.4. The molecule has 7 heteroatoms. The summed E-state index contributed by atoms with van der Waals surface area (Å²) in [6.07, 6.45) is 2.02. The minimum absolute atomic E-state index is 0.0925. The molecule has 0 radical (unpaired) electrons. The molecule has 0 amide bonds. The highest BCUT2D eigenvalue weighted by Crippen LogP contribution is 2.38. The Kier molecular flexibility index (Phi) is 5.11. The zero-order valence-corrected chi connectivity index (χ0v) is 14.6. The number of benzene rings is 2. The van der Waals surface area contributed by atoms with Crippen LogP contribution in [0.5, 0.6) is 5.75 Å². The molecule has 3 nitrogen and oxygen atoms in total. The molecule has 1 aliphatic rings. The monoisotopic (exact) mass is 380 g/mol. The fourth-order valence-corrected chi connectivity index (χ4v) is 3.51. The van der Waals surface area contributed by atoms with Crippen molar-refractivity contribution in [1.82, 2.24) is 0 Å². The van der Waals surface area contributed by atoms with Gasteiger partial charge in [0, 0.05) is 33.6 Å². The third-order valence-corrected chi connectivity index (χ3v) is 4.81. The Labute approximate surface area is 152 Å². The number of aliphatic hydroxyl groups excluding tert-OH is 1. The number of halogens is 3. The van der Waals surface area contributed by atoms with Crippen LogP contribution in [0, 0.1) is 0 Å². The van der Waals surface area contributed by atoms with Crippen LogP contribution < -0.4 is 4.74 Å². The van der Waals surface area contributed by atoms with E-state index in [2.05, 4.69) is 0 Å². The molecule has 1 aliphatic carbocycles. The first kappa shape index (κ1) is 18.5. The number of rotatable bonds is 4. The number of Topliss-reactive ketones (excluding diaryl/α,β-unsaturated/α-hetero) is 1. The van der Waals surface area contributed by atoms with Crippen LogP contribution in [0.15, 0.2) is 46.9 Å². The Bertz CT molecular complexity index is 871. The predicted octanol–water partition coefficient (Wildman–Crippen LogP) is 4.62. The van der Waals surface area contributed by atoms with E-state index in [1.54, 1.807) is 30.3 Å². The summed E-state index contributed by atoms with van der Waals surface area (Å²) in [6.45, 7) is -0.192. The number of aliphatic hydroxyl groups is 1. The lowest BCUT2D eigenvalue weighted by atomic mass is 10.0. The van der Waals surface area contributed by atoms with Gasteiger partial charge in [-0.05, 0) is 35.5 Å². The standard InChI is InChI=1S/C19H15F3O3S/c1-25-18-12(10-23)4-7-15-16(18)9-13(17(15)24)8-11-2-5-14(6-3-11)26-19(20,21)22/h2-8,23H,9-10H2,1H3. The first-order valence-corrected chi connectivity index (χ1v) is 8.54. The molecule has 0 atom stereocenters. The second-order valence-corrected chi connectivity index (χ2v) is 6.87. The largest absolute Gasteiger partial charge is 0.496 e. The summed E-state index contributed by atoms with van der Waals surface area (Å²) >= 11 is -0.176. The molecule has 0 saturated carbocycles. The van der Waals surface area contributed by atoms with Gasteiger partial charge in [-0.1, -0.05) is 24.3 Å². The van der Waals surface area contributed by atoms with Gasteiger partial charge >= 0.3 is 5.51 Å². The maximum absolute atomic E-state index is 12.6. The highest BCUT2D eigenvalue weighted by atomic mass is 32.2. The van der Waals surface area contributed by atoms with Gasteiger partial charge in [0.1, 0.15) is 5.75 Å². The van der Waals surface area contributed by atoms with Gasteiger partial charge in [0.15, 0.2) is 5.78 Å². The van der Waals surface area contributed by atoms with Gasteiger partial charge in [-0.2, -0.15) is 13.2 Å². The Hall–Kier alpha value is -2.25. The van der Waals surface area contributed by atoms with E-state index >= 15 is 0 Å². The molecule has 2 aromatic carbocycles. The number of allylic oxidation sites excluding steroid dienone is 1. The second-order valence-electron chi connectivity index (χ2n) is 5.73. The Morgan fingerprint density at radius 3 is 2.46 bits per heavy atom. The minimum atomic E-state index is -4.33. The minimum Gasteiger partial charge on any atom is -0.496 e. The number of hydrogen-bond acceptors (Lipinski definition) is 4. The van der Waals surface area contributed by atoms with Gasteiger partial charge in [-0.25, -0.2) is 0 Å². The van der Waals surface area contributed by atoms with Gasteiger partial charge in [0.2, 0.25) is 0 Å². The van der Waals surface area contributed by atoms with Crippen molar-refractivity contribution < 1.29 is 27.8 Å². The molecule has 0 unspecified atom stereocenters. The number of hydrogen-bond donors (Lipinski definition) is 1. The summed E-state index contributed by atoms with van der Waals surface area (Å²) in [7, 11) is 1.48. The number of thioether (sulfide) groups is 1. The van der Waals surface area contributed by atoms with E-state index in [0.717, 1.165) is 5.56 Å². The number of ketones is 1. The maximum Gasteiger partial charge on any atom is 0.446 e. The second kappa shape index (κ2) is 7.17. The number of ether oxygens (including phenoxy) is 1. The third-order valence-electron chi connectivity index (χ3n) is 4.07. The van der Waals surface area contributed by atoms with Crippen molar-refractivity contribution in [2.75, 3.05) is 7.11 Å². The molecule has 1 N–H and O–H groups in total. The van der Waals surface area contributed by atoms with Crippen molar-refractivity contribution in [3.63, 3.8) is 0 Å². The van der Waals surface area contributed by atoms with Gasteiger partial charge in [0.05, 0.1) is 13.7 Å². The zero-order chi connectivity index (χ0) is 18.9. The van der Waals surface area contributed by atoms with Crippen molar-refractivity contribution in [3.05, 3.63) is 64.2 Å². The smallest absolute Gasteiger partial charge is 0.446 e. The van der Waals surface area contributed by atoms with Crippen LogP contribution in [0.3, 0.4) is 0 Å². The molecule has 2 aromatic rings. The summed E-state index contributed by atoms with van der Waals surface area (Å²) in [4.78, 5) is 12.7. The number of carbonyl (C=O) groups is 1. The third kappa shape index (κ3) is 3.78. The first-order valence-electron chi connectivity index (χ1n) is 7.73. The molecule has 136 valence electrons. The number of alkyl halides is 3. The maximum atomic E-state index is 12.6. The zero-order valence-electron chi connectivity index (χ0n) is 13.8. The average Bonchev–Trinajstić information content (AvgIpc) is 2.90. The van der Waals surface area contributed by atoms with Crippen molar-refractivity contribution in [2.45, 2.75) is 23.4 Å². The van der Waals surface area contributed by atoms with E-state index in [-0.39, 0.29) is 29.0 Å². The topological polar surface area (TPSA) is 46.5 Å². The highest BCUT2D eigenvalue weighted by molar-refractivity contribution is 8.00. The van der Waals surface area contributed by atoms with Gasteiger partial charge in [-0.3, -0.25) is 4.79 Å². The van der Waals surface area contributed by atoms with Crippen molar-refractivity contribution in [2.24, 2.45) is 0 Å². The summed E-state index contributed by atoms with van der Waals surface area (Å²) in [5.74, 6) is 0.357. The van der Waals surface area contributed by atoms with E-state index in [4.69, 9.17) is 4.74 Å². The van der Waals surface area contributed by atoms with Crippen LogP contribution in [0.25, 0.3) is 6.08 Å². The lowest BCUT2D eigenvalue weighted by Crippen LogP contribution is -1.99. The fourth-order valence-electron chi connectivity index (χ4n) is 2.97. The molecule has 0 saturated heterocycles. The SMILES string of the molecule is COc1c(CO)ccc2c1CC(=Cc1ccc(SC(F)(F)F)cc1)C2=O. The molecule has 0 aromatic heterocycles. The quantitative estimate of drug-likeness (QED) is 0.621. The van der Waals surface area contributed by atoms with Crippen LogP contribution in [0.1, 0.15) is 27.0 Å². The summed E-state index contributed by atoms with van der Waals surface area (Å²) in [5, 5.41) is 9.39. The van der Waals surface area contributed by atoms with Crippen LogP contribution in [0.2, 0.25) is 0 Å². The summed E-state index contributed by atoms with van der Waals surface area (Å²) in [5.41, 5.74) is -1.30. The number of methoxy groups -OCH3 is 1. The van der Waals surface area contributed by atoms with Crippen LogP contribution in [0.4, 0.5) is 13.2 Å². The van der Waals surface area contributed by atoms with Gasteiger partial charge in [-0.15, -0.1) is 0 Å². The van der Waals surface area contributed by atoms with Gasteiger partial charge in [0.25, 0.3) is 0 Å². The van der Waals surface area contributed by atoms with E-state index < -0.39 is 5.51 Å². The van der Waals surface area contributed by atoms with E-state index in [0.29, 0.717) is 34.4 Å². The van der Waals surface area contributed by atoms with Crippen molar-refractivity contribution >= 4 is 23.6 Å². The molecular formula is C19H15F3O3S. The van der Waals surface area contributed by atoms with Crippen molar-refractivity contribution in [1.29, 1.82) is 0 Å².